The standard InChI is InChI=1S/C27H25F4N3O4.C19H19F2N3O3.C8H7BrF2O.ClH/c28-19-5-7-22(20(29)16-19)36-14-13-34-11-8-17(9-12-34)26(35)33-25(21-3-1-2-10-32-21)18-4-6-23-24(15-18)38-27(30,31)37-23;20-19(21)26-15-5-4-13(11-16(15)27-19)17(14-3-1-2-8-23-14)24-18(25)12-6-9-22-10-7-12;9-3-4-12-8-2-1-6(10)5-7(8)11;/h1-7,10,15-17,25H,8-9,11-14H2,(H,33,35);1-5,8,11-12,17,22H,6-7,9-10H2,(H,24,25);1-2,5H,3-4H2;1H. The second-order valence-electron chi connectivity index (χ2n) is 17.8. The molecule has 3 N–H and O–H groups in total. The molecule has 24 heteroatoms. The fourth-order valence-corrected chi connectivity index (χ4v) is 8.84. The summed E-state index contributed by atoms with van der Waals surface area (Å²) in [5, 5.41) is 9.88. The fraction of sp³-hybridized carbons (Fsp3) is 0.333. The number of fused-ring (bicyclic) bond motifs is 2. The molecule has 6 aromatic rings. The summed E-state index contributed by atoms with van der Waals surface area (Å²) in [6, 6.07) is 24.7. The number of aromatic nitrogens is 2. The Hall–Kier alpha value is -6.95. The van der Waals surface area contributed by atoms with Crippen molar-refractivity contribution >= 4 is 40.2 Å². The summed E-state index contributed by atoms with van der Waals surface area (Å²) in [6.07, 6.45) is -1.49. The molecule has 78 heavy (non-hydrogen) atoms. The predicted octanol–water partition coefficient (Wildman–Crippen LogP) is 10.4. The third-order valence-corrected chi connectivity index (χ3v) is 12.8. The van der Waals surface area contributed by atoms with Crippen molar-refractivity contribution in [2.45, 2.75) is 50.4 Å². The molecule has 2 amide bonds. The van der Waals surface area contributed by atoms with Gasteiger partial charge in [-0.05, 0) is 136 Å². The van der Waals surface area contributed by atoms with E-state index in [0.717, 1.165) is 50.2 Å². The van der Waals surface area contributed by atoms with Gasteiger partial charge in [-0.1, -0.05) is 40.2 Å². The molecule has 0 bridgehead atoms. The number of hydrogen-bond donors (Lipinski definition) is 3. The quantitative estimate of drug-likeness (QED) is 0.0662. The number of carbonyl (C=O) groups is 2. The number of likely N-dealkylation sites (tertiary alicyclic amines) is 1. The summed E-state index contributed by atoms with van der Waals surface area (Å²) in [7, 11) is 0. The van der Waals surface area contributed by atoms with E-state index in [1.165, 1.54) is 36.4 Å². The number of rotatable bonds is 15. The van der Waals surface area contributed by atoms with Crippen LogP contribution in [-0.4, -0.2) is 90.5 Å². The fourth-order valence-electron chi connectivity index (χ4n) is 8.68. The third-order valence-electron chi connectivity index (χ3n) is 12.5. The summed E-state index contributed by atoms with van der Waals surface area (Å²) >= 11 is 3.12. The highest BCUT2D eigenvalue weighted by molar-refractivity contribution is 9.09. The summed E-state index contributed by atoms with van der Waals surface area (Å²) in [6.45, 7) is 3.99. The SMILES string of the molecule is Cl.Fc1ccc(OCCBr)c(F)c1.O=C(NC(c1ccc2c(c1)OC(F)(F)O2)c1ccccn1)C1CCN(CCOc2ccc(F)cc2F)CC1.O=C(NC(c1ccc2c(c1)OC(F)(F)O2)c1ccccn1)C1CCNCC1. The lowest BCUT2D eigenvalue weighted by Crippen LogP contribution is -2.43. The molecule has 0 aliphatic carbocycles. The molecular weight excluding hydrogens is 1130 g/mol. The molecular formula is C54H52BrClF8N6O8. The van der Waals surface area contributed by atoms with Crippen LogP contribution in [0, 0.1) is 35.1 Å². The maximum atomic E-state index is 13.7. The van der Waals surface area contributed by atoms with Crippen LogP contribution in [0.3, 0.4) is 0 Å². The van der Waals surface area contributed by atoms with Crippen LogP contribution in [0.1, 0.15) is 60.3 Å². The summed E-state index contributed by atoms with van der Waals surface area (Å²) in [4.78, 5) is 36.8. The maximum absolute atomic E-state index is 13.7. The molecule has 6 heterocycles. The largest absolute Gasteiger partial charge is 0.586 e. The number of pyridine rings is 2. The molecule has 4 aromatic carbocycles. The van der Waals surface area contributed by atoms with Crippen molar-refractivity contribution in [1.82, 2.24) is 30.8 Å². The zero-order valence-electron chi connectivity index (χ0n) is 41.3. The second kappa shape index (κ2) is 27.1. The zero-order valence-corrected chi connectivity index (χ0v) is 43.7. The molecule has 14 nitrogen and oxygen atoms in total. The number of hydrogen-bond acceptors (Lipinski definition) is 12. The molecule has 0 saturated carbocycles. The molecule has 4 aliphatic heterocycles. The van der Waals surface area contributed by atoms with Gasteiger partial charge < -0.3 is 44.4 Å². The number of amides is 2. The Bertz CT molecular complexity index is 2950. The minimum absolute atomic E-state index is 0. The predicted molar refractivity (Wildman–Crippen MR) is 273 cm³/mol. The average Bonchev–Trinajstić information content (AvgIpc) is 3.94. The van der Waals surface area contributed by atoms with Crippen molar-refractivity contribution < 1.29 is 73.1 Å². The number of nitrogens with one attached hydrogen (secondary N) is 3. The lowest BCUT2D eigenvalue weighted by molar-refractivity contribution is -0.287. The van der Waals surface area contributed by atoms with Crippen LogP contribution in [0.4, 0.5) is 35.1 Å². The van der Waals surface area contributed by atoms with Crippen molar-refractivity contribution in [3.63, 3.8) is 0 Å². The van der Waals surface area contributed by atoms with Gasteiger partial charge in [-0.2, -0.15) is 0 Å². The van der Waals surface area contributed by atoms with Crippen LogP contribution in [0.25, 0.3) is 0 Å². The highest BCUT2D eigenvalue weighted by Gasteiger charge is 2.45. The Morgan fingerprint density at radius 1 is 0.615 bits per heavy atom. The maximum Gasteiger partial charge on any atom is 0.586 e. The van der Waals surface area contributed by atoms with E-state index >= 15 is 0 Å². The highest BCUT2D eigenvalue weighted by Crippen LogP contribution is 2.44. The highest BCUT2D eigenvalue weighted by atomic mass is 79.9. The van der Waals surface area contributed by atoms with E-state index in [9.17, 15) is 44.7 Å². The van der Waals surface area contributed by atoms with Gasteiger partial charge in [0, 0.05) is 48.2 Å². The van der Waals surface area contributed by atoms with Gasteiger partial charge in [-0.3, -0.25) is 24.5 Å². The summed E-state index contributed by atoms with van der Waals surface area (Å²) in [5.41, 5.74) is 2.29. The Kier molecular flexibility index (Phi) is 20.4. The normalized spacial score (nSPS) is 16.9. The number of carbonyl (C=O) groups excluding carboxylic acids is 2. The lowest BCUT2D eigenvalue weighted by Gasteiger charge is -2.32. The number of piperidine rings is 2. The van der Waals surface area contributed by atoms with Gasteiger partial charge in [0.15, 0.2) is 46.1 Å². The van der Waals surface area contributed by atoms with Crippen molar-refractivity contribution in [2.24, 2.45) is 11.8 Å². The van der Waals surface area contributed by atoms with E-state index in [4.69, 9.17) is 9.47 Å². The van der Waals surface area contributed by atoms with Crippen LogP contribution < -0.4 is 44.4 Å². The van der Waals surface area contributed by atoms with E-state index < -0.39 is 47.9 Å². The van der Waals surface area contributed by atoms with Crippen LogP contribution in [-0.2, 0) is 9.59 Å². The molecule has 2 aromatic heterocycles. The van der Waals surface area contributed by atoms with Gasteiger partial charge in [0.25, 0.3) is 0 Å². The van der Waals surface area contributed by atoms with Gasteiger partial charge in [-0.15, -0.1) is 30.0 Å². The minimum Gasteiger partial charge on any atom is -0.490 e. The number of ether oxygens (including phenoxy) is 6. The van der Waals surface area contributed by atoms with Crippen molar-refractivity contribution in [2.75, 3.05) is 51.3 Å². The van der Waals surface area contributed by atoms with E-state index in [0.29, 0.717) is 66.9 Å². The van der Waals surface area contributed by atoms with Crippen LogP contribution >= 0.6 is 28.3 Å². The molecule has 2 atom stereocenters. The molecule has 416 valence electrons. The first-order chi connectivity index (χ1) is 37.0. The summed E-state index contributed by atoms with van der Waals surface area (Å²) in [5.74, 6) is -3.49. The van der Waals surface area contributed by atoms with E-state index in [-0.39, 0.29) is 77.2 Å². The minimum atomic E-state index is -3.74. The van der Waals surface area contributed by atoms with Crippen molar-refractivity contribution in [3.8, 4) is 34.5 Å². The molecule has 10 rings (SSSR count). The molecule has 0 spiro atoms. The first-order valence-electron chi connectivity index (χ1n) is 24.4. The van der Waals surface area contributed by atoms with Crippen molar-refractivity contribution in [1.29, 1.82) is 0 Å². The van der Waals surface area contributed by atoms with E-state index in [1.807, 2.05) is 6.07 Å². The van der Waals surface area contributed by atoms with Gasteiger partial charge in [0.2, 0.25) is 11.8 Å². The van der Waals surface area contributed by atoms with Gasteiger partial charge >= 0.3 is 12.6 Å². The van der Waals surface area contributed by atoms with Gasteiger partial charge in [-0.25, -0.2) is 17.6 Å². The number of halogens is 10. The first-order valence-corrected chi connectivity index (χ1v) is 25.5. The Morgan fingerprint density at radius 2 is 1.06 bits per heavy atom. The molecule has 2 fully saturated rings. The van der Waals surface area contributed by atoms with Crippen LogP contribution in [0.5, 0.6) is 34.5 Å². The Balaban J connectivity index is 0.000000191. The number of alkyl halides is 5. The van der Waals surface area contributed by atoms with Crippen LogP contribution in [0.15, 0.2) is 122 Å². The number of nitrogens with zero attached hydrogens (tertiary/aromatic N) is 3. The monoisotopic (exact) mass is 1180 g/mol. The molecule has 2 unspecified atom stereocenters. The average molecular weight is 1180 g/mol. The number of benzene rings is 4. The first kappa shape index (κ1) is 58.7. The Labute approximate surface area is 457 Å². The Morgan fingerprint density at radius 3 is 1.50 bits per heavy atom. The topological polar surface area (TPSA) is 155 Å². The van der Waals surface area contributed by atoms with Crippen molar-refractivity contribution in [3.05, 3.63) is 167 Å². The molecule has 0 radical (unpaired) electrons. The van der Waals surface area contributed by atoms with E-state index in [1.54, 1.807) is 54.9 Å². The van der Waals surface area contributed by atoms with E-state index in [2.05, 4.69) is 65.7 Å². The second-order valence-corrected chi connectivity index (χ2v) is 18.6. The lowest BCUT2D eigenvalue weighted by atomic mass is 9.94. The smallest absolute Gasteiger partial charge is 0.490 e. The zero-order chi connectivity index (χ0) is 54.5. The van der Waals surface area contributed by atoms with Gasteiger partial charge in [0.1, 0.15) is 18.2 Å². The molecule has 2 saturated heterocycles. The molecule has 4 aliphatic rings. The summed E-state index contributed by atoms with van der Waals surface area (Å²) < 4.78 is 134. The van der Waals surface area contributed by atoms with Crippen LogP contribution in [0.2, 0.25) is 0 Å². The van der Waals surface area contributed by atoms with Gasteiger partial charge in [0.05, 0.1) is 30.1 Å². The third kappa shape index (κ3) is 16.1.